The van der Waals surface area contributed by atoms with Crippen LogP contribution in [-0.2, 0) is 17.8 Å². The van der Waals surface area contributed by atoms with Crippen LogP contribution in [0.25, 0.3) is 0 Å². The van der Waals surface area contributed by atoms with E-state index in [0.717, 1.165) is 44.0 Å². The molecule has 1 heterocycles. The number of ether oxygens (including phenoxy) is 1. The van der Waals surface area contributed by atoms with Gasteiger partial charge in [-0.15, -0.1) is 0 Å². The molecule has 0 atom stereocenters. The average molecular weight is 222 g/mol. The van der Waals surface area contributed by atoms with Crippen LogP contribution in [0, 0.1) is 0 Å². The van der Waals surface area contributed by atoms with Crippen molar-refractivity contribution in [2.75, 3.05) is 26.3 Å². The second-order valence-electron chi connectivity index (χ2n) is 4.02. The molecule has 1 aromatic rings. The number of benzene rings is 1. The summed E-state index contributed by atoms with van der Waals surface area (Å²) in [5, 5.41) is 9.98. The zero-order valence-corrected chi connectivity index (χ0v) is 9.35. The molecular weight excluding hydrogens is 204 g/mol. The largest absolute Gasteiger partial charge is 0.507 e. The fourth-order valence-electron chi connectivity index (χ4n) is 1.94. The van der Waals surface area contributed by atoms with Gasteiger partial charge in [-0.05, 0) is 0 Å². The van der Waals surface area contributed by atoms with Crippen molar-refractivity contribution in [1.82, 2.24) is 4.90 Å². The molecule has 0 unspecified atom stereocenters. The van der Waals surface area contributed by atoms with Gasteiger partial charge in [-0.2, -0.15) is 0 Å². The molecule has 0 saturated carbocycles. The molecule has 4 nitrogen and oxygen atoms in total. The van der Waals surface area contributed by atoms with E-state index >= 15 is 0 Å². The van der Waals surface area contributed by atoms with Gasteiger partial charge in [0.15, 0.2) is 0 Å². The summed E-state index contributed by atoms with van der Waals surface area (Å²) < 4.78 is 5.29. The van der Waals surface area contributed by atoms with Gasteiger partial charge < -0.3 is 15.6 Å². The molecule has 16 heavy (non-hydrogen) atoms. The quantitative estimate of drug-likeness (QED) is 0.789. The molecule has 0 amide bonds. The first-order valence-corrected chi connectivity index (χ1v) is 5.61. The Morgan fingerprint density at radius 2 is 1.94 bits per heavy atom. The van der Waals surface area contributed by atoms with Crippen molar-refractivity contribution >= 4 is 0 Å². The summed E-state index contributed by atoms with van der Waals surface area (Å²) in [4.78, 5) is 2.28. The minimum atomic E-state index is 0.344. The van der Waals surface area contributed by atoms with Crippen LogP contribution in [-0.4, -0.2) is 36.3 Å². The molecule has 1 fully saturated rings. The fourth-order valence-corrected chi connectivity index (χ4v) is 1.94. The molecule has 1 aliphatic heterocycles. The minimum Gasteiger partial charge on any atom is -0.507 e. The van der Waals surface area contributed by atoms with Gasteiger partial charge in [0.25, 0.3) is 0 Å². The second-order valence-corrected chi connectivity index (χ2v) is 4.02. The Labute approximate surface area is 95.6 Å². The fraction of sp³-hybridized carbons (Fsp3) is 0.500. The van der Waals surface area contributed by atoms with Crippen molar-refractivity contribution in [3.63, 3.8) is 0 Å². The SMILES string of the molecule is NCc1cccc(CN2CCOCC2)c1O. The zero-order valence-electron chi connectivity index (χ0n) is 9.35. The van der Waals surface area contributed by atoms with Gasteiger partial charge in [-0.25, -0.2) is 0 Å². The molecule has 2 rings (SSSR count). The van der Waals surface area contributed by atoms with E-state index in [9.17, 15) is 5.11 Å². The molecule has 3 N–H and O–H groups in total. The van der Waals surface area contributed by atoms with E-state index in [-0.39, 0.29) is 0 Å². The normalized spacial score (nSPS) is 17.6. The Kier molecular flexibility index (Phi) is 3.77. The molecule has 4 heteroatoms. The van der Waals surface area contributed by atoms with Gasteiger partial charge in [0.1, 0.15) is 5.75 Å². The topological polar surface area (TPSA) is 58.7 Å². The Morgan fingerprint density at radius 3 is 2.62 bits per heavy atom. The molecule has 1 saturated heterocycles. The third-order valence-electron chi connectivity index (χ3n) is 2.92. The number of nitrogens with zero attached hydrogens (tertiary/aromatic N) is 1. The van der Waals surface area contributed by atoms with Gasteiger partial charge in [-0.3, -0.25) is 4.90 Å². The van der Waals surface area contributed by atoms with Crippen LogP contribution < -0.4 is 5.73 Å². The summed E-state index contributed by atoms with van der Waals surface area (Å²) in [7, 11) is 0. The lowest BCUT2D eigenvalue weighted by molar-refractivity contribution is 0.0339. The highest BCUT2D eigenvalue weighted by atomic mass is 16.5. The maximum Gasteiger partial charge on any atom is 0.124 e. The first-order chi connectivity index (χ1) is 7.81. The van der Waals surface area contributed by atoms with Gasteiger partial charge in [-0.1, -0.05) is 18.2 Å². The second kappa shape index (κ2) is 5.30. The lowest BCUT2D eigenvalue weighted by atomic mass is 10.1. The van der Waals surface area contributed by atoms with Crippen molar-refractivity contribution in [2.45, 2.75) is 13.1 Å². The van der Waals surface area contributed by atoms with E-state index in [1.807, 2.05) is 18.2 Å². The van der Waals surface area contributed by atoms with Crippen molar-refractivity contribution in [3.8, 4) is 5.75 Å². The number of para-hydroxylation sites is 1. The van der Waals surface area contributed by atoms with Crippen LogP contribution in [0.15, 0.2) is 18.2 Å². The summed E-state index contributed by atoms with van der Waals surface area (Å²) >= 11 is 0. The molecule has 1 aromatic carbocycles. The number of nitrogens with two attached hydrogens (primary N) is 1. The van der Waals surface area contributed by atoms with Crippen molar-refractivity contribution in [1.29, 1.82) is 0 Å². The summed E-state index contributed by atoms with van der Waals surface area (Å²) in [6, 6.07) is 5.75. The van der Waals surface area contributed by atoms with E-state index in [2.05, 4.69) is 4.90 Å². The highest BCUT2D eigenvalue weighted by Gasteiger charge is 2.13. The van der Waals surface area contributed by atoms with E-state index in [1.165, 1.54) is 0 Å². The van der Waals surface area contributed by atoms with E-state index < -0.39 is 0 Å². The third kappa shape index (κ3) is 2.52. The maximum absolute atomic E-state index is 9.98. The third-order valence-corrected chi connectivity index (χ3v) is 2.92. The predicted octanol–water partition coefficient (Wildman–Crippen LogP) is 0.683. The van der Waals surface area contributed by atoms with Gasteiger partial charge in [0.2, 0.25) is 0 Å². The molecular formula is C12H18N2O2. The zero-order chi connectivity index (χ0) is 11.4. The number of aromatic hydroxyl groups is 1. The maximum atomic E-state index is 9.98. The molecule has 0 spiro atoms. The summed E-state index contributed by atoms with van der Waals surface area (Å²) in [6.45, 7) is 4.54. The standard InChI is InChI=1S/C12H18N2O2/c13-8-10-2-1-3-11(12(10)15)9-14-4-6-16-7-5-14/h1-3,15H,4-9,13H2. The predicted molar refractivity (Wildman–Crippen MR) is 62.1 cm³/mol. The number of phenols is 1. The van der Waals surface area contributed by atoms with E-state index in [1.54, 1.807) is 0 Å². The molecule has 88 valence electrons. The number of phenolic OH excluding ortho intramolecular Hbond substituents is 1. The number of morpholine rings is 1. The Balaban J connectivity index is 2.08. The minimum absolute atomic E-state index is 0.344. The highest BCUT2D eigenvalue weighted by Crippen LogP contribution is 2.23. The lowest BCUT2D eigenvalue weighted by Crippen LogP contribution is -2.35. The number of hydrogen-bond acceptors (Lipinski definition) is 4. The van der Waals surface area contributed by atoms with Crippen molar-refractivity contribution < 1.29 is 9.84 Å². The van der Waals surface area contributed by atoms with Crippen LogP contribution >= 0.6 is 0 Å². The Bertz CT molecular complexity index is 349. The van der Waals surface area contributed by atoms with Crippen LogP contribution in [0.1, 0.15) is 11.1 Å². The van der Waals surface area contributed by atoms with Crippen LogP contribution in [0.2, 0.25) is 0 Å². The summed E-state index contributed by atoms with van der Waals surface area (Å²) in [6.07, 6.45) is 0. The molecule has 1 aliphatic rings. The first kappa shape index (κ1) is 11.4. The molecule has 0 radical (unpaired) electrons. The van der Waals surface area contributed by atoms with Crippen molar-refractivity contribution in [2.24, 2.45) is 5.73 Å². The van der Waals surface area contributed by atoms with Crippen LogP contribution in [0.3, 0.4) is 0 Å². The molecule has 0 aromatic heterocycles. The number of rotatable bonds is 3. The Morgan fingerprint density at radius 1 is 1.25 bits per heavy atom. The smallest absolute Gasteiger partial charge is 0.124 e. The number of hydrogen-bond donors (Lipinski definition) is 2. The lowest BCUT2D eigenvalue weighted by Gasteiger charge is -2.27. The van der Waals surface area contributed by atoms with Crippen LogP contribution in [0.4, 0.5) is 0 Å². The average Bonchev–Trinajstić information content (AvgIpc) is 2.33. The van der Waals surface area contributed by atoms with Crippen LogP contribution in [0.5, 0.6) is 5.75 Å². The first-order valence-electron chi connectivity index (χ1n) is 5.61. The van der Waals surface area contributed by atoms with Crippen molar-refractivity contribution in [3.05, 3.63) is 29.3 Å². The monoisotopic (exact) mass is 222 g/mol. The van der Waals surface area contributed by atoms with E-state index in [4.69, 9.17) is 10.5 Å². The van der Waals surface area contributed by atoms with Gasteiger partial charge in [0, 0.05) is 37.3 Å². The molecule has 0 aliphatic carbocycles. The summed E-state index contributed by atoms with van der Waals surface area (Å²) in [5.41, 5.74) is 7.32. The highest BCUT2D eigenvalue weighted by molar-refractivity contribution is 5.40. The molecule has 0 bridgehead atoms. The Hall–Kier alpha value is -1.10. The summed E-state index contributed by atoms with van der Waals surface area (Å²) in [5.74, 6) is 0.344. The van der Waals surface area contributed by atoms with Gasteiger partial charge >= 0.3 is 0 Å². The van der Waals surface area contributed by atoms with Gasteiger partial charge in [0.05, 0.1) is 13.2 Å². The van der Waals surface area contributed by atoms with E-state index in [0.29, 0.717) is 12.3 Å².